The van der Waals surface area contributed by atoms with Gasteiger partial charge in [0.15, 0.2) is 0 Å². The van der Waals surface area contributed by atoms with Crippen LogP contribution in [0.3, 0.4) is 0 Å². The highest BCUT2D eigenvalue weighted by Gasteiger charge is 1.76. The number of rotatable bonds is 0. The van der Waals surface area contributed by atoms with E-state index in [9.17, 15) is 0 Å². The predicted octanol–water partition coefficient (Wildman–Crippen LogP) is -1.18. The molecule has 1 aliphatic heterocycles. The van der Waals surface area contributed by atoms with E-state index in [-0.39, 0.29) is 0 Å². The monoisotopic (exact) mass is 131 g/mol. The predicted molar refractivity (Wildman–Crippen MR) is 29.9 cm³/mol. The quantitative estimate of drug-likeness (QED) is 0.254. The summed E-state index contributed by atoms with van der Waals surface area (Å²) in [6.45, 7) is 0. The summed E-state index contributed by atoms with van der Waals surface area (Å²) in [6, 6.07) is 0. The topological polar surface area (TPSA) is 95.2 Å². The molecule has 0 fully saturated rings. The molecule has 0 bridgehead atoms. The molecule has 0 saturated heterocycles. The SMILES string of the molecule is C1=C[NH2+]N=C1.O=[N+]([O-])[O-]. The van der Waals surface area contributed by atoms with Gasteiger partial charge in [-0.15, -0.1) is 0 Å². The molecule has 1 aliphatic rings. The second kappa shape index (κ2) is 4.72. The highest BCUT2D eigenvalue weighted by atomic mass is 16.9. The van der Waals surface area contributed by atoms with Gasteiger partial charge in [0.1, 0.15) is 6.20 Å². The first-order chi connectivity index (χ1) is 4.23. The summed E-state index contributed by atoms with van der Waals surface area (Å²) >= 11 is 0. The first-order valence-corrected chi connectivity index (χ1v) is 2.06. The van der Waals surface area contributed by atoms with Crippen LogP contribution in [0.15, 0.2) is 17.4 Å². The largest absolute Gasteiger partial charge is 0.356 e. The molecule has 0 amide bonds. The van der Waals surface area contributed by atoms with Crippen molar-refractivity contribution in [3.63, 3.8) is 0 Å². The lowest BCUT2D eigenvalue weighted by atomic mass is 10.7. The summed E-state index contributed by atoms with van der Waals surface area (Å²) in [5.41, 5.74) is 1.75. The Kier molecular flexibility index (Phi) is 3.97. The number of nitrogens with zero attached hydrogens (tertiary/aromatic N) is 2. The van der Waals surface area contributed by atoms with Gasteiger partial charge in [-0.2, -0.15) is 5.43 Å². The van der Waals surface area contributed by atoms with Crippen molar-refractivity contribution in [1.29, 1.82) is 0 Å². The Balaban J connectivity index is 0.000000148. The Morgan fingerprint density at radius 1 is 1.56 bits per heavy atom. The lowest BCUT2D eigenvalue weighted by molar-refractivity contribution is -0.589. The van der Waals surface area contributed by atoms with Crippen LogP contribution in [0.4, 0.5) is 0 Å². The van der Waals surface area contributed by atoms with E-state index >= 15 is 0 Å². The normalized spacial score (nSPS) is 12.4. The van der Waals surface area contributed by atoms with Gasteiger partial charge in [-0.25, -0.2) is 0 Å². The Morgan fingerprint density at radius 3 is 2.22 bits per heavy atom. The molecule has 0 saturated carbocycles. The van der Waals surface area contributed by atoms with Crippen molar-refractivity contribution in [2.75, 3.05) is 0 Å². The Morgan fingerprint density at radius 2 is 2.11 bits per heavy atom. The molecule has 0 radical (unpaired) electrons. The Labute approximate surface area is 50.6 Å². The van der Waals surface area contributed by atoms with Gasteiger partial charge >= 0.3 is 0 Å². The van der Waals surface area contributed by atoms with Gasteiger partial charge in [0, 0.05) is 6.08 Å². The first-order valence-electron chi connectivity index (χ1n) is 2.06. The molecule has 0 aromatic rings. The molecule has 0 aromatic carbocycles. The van der Waals surface area contributed by atoms with Gasteiger partial charge < -0.3 is 15.3 Å². The fraction of sp³-hybridized carbons (Fsp3) is 0. The van der Waals surface area contributed by atoms with E-state index in [4.69, 9.17) is 15.3 Å². The zero-order valence-electron chi connectivity index (χ0n) is 4.43. The van der Waals surface area contributed by atoms with Crippen molar-refractivity contribution < 1.29 is 10.5 Å². The molecule has 1 rings (SSSR count). The minimum absolute atomic E-state index is 1.75. The third-order valence-electron chi connectivity index (χ3n) is 0.455. The number of nitrogens with two attached hydrogens (primary N) is 1. The highest BCUT2D eigenvalue weighted by Crippen LogP contribution is 1.57. The summed E-state index contributed by atoms with van der Waals surface area (Å²) in [4.78, 5) is 8.25. The van der Waals surface area contributed by atoms with Gasteiger partial charge in [-0.3, -0.25) is 0 Å². The standard InChI is InChI=1S/C3H4N2.NO3/c1-2-4-5-3-1;2-1(3)4/h1-3H,(H,4,5);/q;-1/p+1. The molecule has 0 unspecified atom stereocenters. The fourth-order valence-electron chi connectivity index (χ4n) is 0.248. The van der Waals surface area contributed by atoms with E-state index in [1.807, 2.05) is 12.3 Å². The van der Waals surface area contributed by atoms with Crippen molar-refractivity contribution in [2.45, 2.75) is 0 Å². The number of hydrogen-bond donors (Lipinski definition) is 1. The smallest absolute Gasteiger partial charge is 0.121 e. The molecule has 0 aliphatic carbocycles. The summed E-state index contributed by atoms with van der Waals surface area (Å²) in [7, 11) is 0. The second-order valence-corrected chi connectivity index (χ2v) is 1.06. The van der Waals surface area contributed by atoms with Gasteiger partial charge in [-0.1, -0.05) is 5.10 Å². The Hall–Kier alpha value is -1.43. The zero-order valence-corrected chi connectivity index (χ0v) is 4.43. The van der Waals surface area contributed by atoms with Crippen LogP contribution in [0.1, 0.15) is 0 Å². The molecule has 50 valence electrons. The van der Waals surface area contributed by atoms with Crippen LogP contribution in [0.25, 0.3) is 0 Å². The molecule has 1 heterocycles. The van der Waals surface area contributed by atoms with Crippen LogP contribution in [0, 0.1) is 15.3 Å². The van der Waals surface area contributed by atoms with Crippen molar-refractivity contribution in [1.82, 2.24) is 0 Å². The van der Waals surface area contributed by atoms with E-state index in [1.54, 1.807) is 11.6 Å². The third-order valence-corrected chi connectivity index (χ3v) is 0.455. The molecule has 9 heavy (non-hydrogen) atoms. The first kappa shape index (κ1) is 7.57. The average Bonchev–Trinajstić information content (AvgIpc) is 2.11. The van der Waals surface area contributed by atoms with Crippen LogP contribution >= 0.6 is 0 Å². The minimum atomic E-state index is -1.75. The molecule has 6 heteroatoms. The fourth-order valence-corrected chi connectivity index (χ4v) is 0.248. The van der Waals surface area contributed by atoms with Crippen LogP contribution < -0.4 is 5.43 Å². The number of hydrogen-bond acceptors (Lipinski definition) is 4. The van der Waals surface area contributed by atoms with Crippen LogP contribution in [0.2, 0.25) is 0 Å². The maximum atomic E-state index is 8.25. The molecule has 6 nitrogen and oxygen atoms in total. The lowest BCUT2D eigenvalue weighted by Crippen LogP contribution is -2.69. The van der Waals surface area contributed by atoms with Gasteiger partial charge in [0.05, 0.1) is 11.3 Å². The summed E-state index contributed by atoms with van der Waals surface area (Å²) in [6.07, 6.45) is 5.53. The van der Waals surface area contributed by atoms with E-state index in [0.717, 1.165) is 0 Å². The molecule has 0 spiro atoms. The average molecular weight is 131 g/mol. The van der Waals surface area contributed by atoms with Crippen LogP contribution in [-0.4, -0.2) is 11.3 Å². The van der Waals surface area contributed by atoms with Crippen molar-refractivity contribution in [3.05, 3.63) is 27.6 Å². The minimum Gasteiger partial charge on any atom is -0.356 e. The number of allylic oxidation sites excluding steroid dienone is 1. The van der Waals surface area contributed by atoms with E-state index in [2.05, 4.69) is 5.10 Å². The molecular weight excluding hydrogens is 126 g/mol. The van der Waals surface area contributed by atoms with Crippen LogP contribution in [0.5, 0.6) is 0 Å². The van der Waals surface area contributed by atoms with E-state index in [1.165, 1.54) is 0 Å². The third kappa shape index (κ3) is 10.8. The number of quaternary nitrogens is 1. The molecule has 2 N–H and O–H groups in total. The summed E-state index contributed by atoms with van der Waals surface area (Å²) in [5, 5.41) is 18.5. The highest BCUT2D eigenvalue weighted by molar-refractivity contribution is 5.70. The van der Waals surface area contributed by atoms with Gasteiger partial charge in [0.2, 0.25) is 0 Å². The van der Waals surface area contributed by atoms with Gasteiger partial charge in [0.25, 0.3) is 0 Å². The Bertz CT molecular complexity index is 127. The van der Waals surface area contributed by atoms with Crippen molar-refractivity contribution >= 4 is 6.21 Å². The lowest BCUT2D eigenvalue weighted by Gasteiger charge is -1.74. The zero-order chi connectivity index (χ0) is 7.11. The van der Waals surface area contributed by atoms with Gasteiger partial charge in [-0.05, 0) is 0 Å². The van der Waals surface area contributed by atoms with Crippen LogP contribution in [-0.2, 0) is 0 Å². The molecular formula is C3H5N3O3. The van der Waals surface area contributed by atoms with Crippen molar-refractivity contribution in [2.24, 2.45) is 5.10 Å². The summed E-state index contributed by atoms with van der Waals surface area (Å²) < 4.78 is 0. The maximum Gasteiger partial charge on any atom is 0.121 e. The molecule has 0 atom stereocenters. The van der Waals surface area contributed by atoms with E-state index < -0.39 is 5.09 Å². The molecule has 0 aromatic heterocycles. The second-order valence-electron chi connectivity index (χ2n) is 1.06. The van der Waals surface area contributed by atoms with Crippen molar-refractivity contribution in [3.8, 4) is 0 Å². The maximum absolute atomic E-state index is 8.25. The summed E-state index contributed by atoms with van der Waals surface area (Å²) in [5.74, 6) is 0. The van der Waals surface area contributed by atoms with E-state index in [0.29, 0.717) is 0 Å².